The Kier molecular flexibility index (Phi) is 7.87. The van der Waals surface area contributed by atoms with E-state index in [2.05, 4.69) is 31.0 Å². The van der Waals surface area contributed by atoms with Gasteiger partial charge in [-0.3, -0.25) is 0 Å². The monoisotopic (exact) mass is 256 g/mol. The summed E-state index contributed by atoms with van der Waals surface area (Å²) in [6, 6.07) is 0. The van der Waals surface area contributed by atoms with Crippen LogP contribution >= 0.6 is 0 Å². The fraction of sp³-hybridized carbons (Fsp3) is 1.00. The van der Waals surface area contributed by atoms with Gasteiger partial charge in [0.1, 0.15) is 0 Å². The highest BCUT2D eigenvalue weighted by atomic mass is 16.5. The van der Waals surface area contributed by atoms with Gasteiger partial charge < -0.3 is 15.0 Å². The zero-order chi connectivity index (χ0) is 13.3. The maximum Gasteiger partial charge on any atom is 0.0593 e. The van der Waals surface area contributed by atoms with Crippen molar-refractivity contribution in [3.8, 4) is 0 Å². The molecule has 0 aromatic carbocycles. The van der Waals surface area contributed by atoms with Gasteiger partial charge >= 0.3 is 0 Å². The van der Waals surface area contributed by atoms with E-state index in [0.717, 1.165) is 26.3 Å². The van der Waals surface area contributed by atoms with Crippen LogP contribution in [0.4, 0.5) is 0 Å². The van der Waals surface area contributed by atoms with Crippen molar-refractivity contribution in [3.05, 3.63) is 0 Å². The minimum atomic E-state index is 0.509. The molecule has 0 aromatic rings. The number of hydrogen-bond acceptors (Lipinski definition) is 3. The van der Waals surface area contributed by atoms with Gasteiger partial charge in [-0.25, -0.2) is 0 Å². The molecule has 0 amide bonds. The average Bonchev–Trinajstić information content (AvgIpc) is 2.39. The Morgan fingerprint density at radius 2 is 2.11 bits per heavy atom. The van der Waals surface area contributed by atoms with Crippen LogP contribution in [-0.2, 0) is 4.74 Å². The maximum atomic E-state index is 5.49. The first-order valence-corrected chi connectivity index (χ1v) is 7.77. The van der Waals surface area contributed by atoms with Gasteiger partial charge in [-0.15, -0.1) is 0 Å². The molecule has 18 heavy (non-hydrogen) atoms. The molecule has 1 fully saturated rings. The predicted molar refractivity (Wildman–Crippen MR) is 78.1 cm³/mol. The molecule has 1 atom stereocenters. The van der Waals surface area contributed by atoms with Gasteiger partial charge in [0.25, 0.3) is 0 Å². The van der Waals surface area contributed by atoms with Crippen molar-refractivity contribution in [2.75, 3.05) is 45.9 Å². The van der Waals surface area contributed by atoms with Crippen LogP contribution in [0.3, 0.4) is 0 Å². The van der Waals surface area contributed by atoms with E-state index >= 15 is 0 Å². The third kappa shape index (κ3) is 5.25. The molecule has 1 unspecified atom stereocenters. The Balaban J connectivity index is 2.45. The highest BCUT2D eigenvalue weighted by Gasteiger charge is 2.32. The van der Waals surface area contributed by atoms with Crippen molar-refractivity contribution in [3.63, 3.8) is 0 Å². The quantitative estimate of drug-likeness (QED) is 0.642. The van der Waals surface area contributed by atoms with Crippen LogP contribution in [-0.4, -0.2) is 50.8 Å². The Morgan fingerprint density at radius 1 is 1.28 bits per heavy atom. The van der Waals surface area contributed by atoms with Crippen LogP contribution in [0.2, 0.25) is 0 Å². The molecule has 1 saturated heterocycles. The van der Waals surface area contributed by atoms with Crippen LogP contribution in [0.25, 0.3) is 0 Å². The number of rotatable bonds is 9. The maximum absolute atomic E-state index is 5.49. The van der Waals surface area contributed by atoms with Gasteiger partial charge in [0.15, 0.2) is 0 Å². The van der Waals surface area contributed by atoms with Gasteiger partial charge in [-0.1, -0.05) is 20.3 Å². The third-order valence-electron chi connectivity index (χ3n) is 4.10. The molecule has 0 bridgehead atoms. The van der Waals surface area contributed by atoms with Gasteiger partial charge in [-0.2, -0.15) is 0 Å². The lowest BCUT2D eigenvalue weighted by Gasteiger charge is -2.41. The molecule has 0 saturated carbocycles. The van der Waals surface area contributed by atoms with Crippen LogP contribution in [0.15, 0.2) is 0 Å². The van der Waals surface area contributed by atoms with Gasteiger partial charge in [0, 0.05) is 26.2 Å². The Labute approximate surface area is 113 Å². The molecular formula is C15H32N2O. The summed E-state index contributed by atoms with van der Waals surface area (Å²) >= 11 is 0. The fourth-order valence-electron chi connectivity index (χ4n) is 3.15. The molecule has 0 aromatic heterocycles. The van der Waals surface area contributed by atoms with Crippen molar-refractivity contribution in [2.24, 2.45) is 5.41 Å². The predicted octanol–water partition coefficient (Wildman–Crippen LogP) is 2.51. The molecule has 3 nitrogen and oxygen atoms in total. The molecule has 0 spiro atoms. The molecule has 1 rings (SSSR count). The first-order chi connectivity index (χ1) is 8.76. The fourth-order valence-corrected chi connectivity index (χ4v) is 3.15. The summed E-state index contributed by atoms with van der Waals surface area (Å²) in [4.78, 5) is 2.57. The number of hydrogen-bond donors (Lipinski definition) is 1. The summed E-state index contributed by atoms with van der Waals surface area (Å²) < 4.78 is 5.49. The zero-order valence-corrected chi connectivity index (χ0v) is 12.6. The summed E-state index contributed by atoms with van der Waals surface area (Å²) in [6.45, 7) is 14.2. The zero-order valence-electron chi connectivity index (χ0n) is 12.6. The first kappa shape index (κ1) is 15.9. The number of nitrogens with zero attached hydrogens (tertiary/aromatic N) is 1. The van der Waals surface area contributed by atoms with Gasteiger partial charge in [0.05, 0.1) is 6.61 Å². The van der Waals surface area contributed by atoms with E-state index in [0.29, 0.717) is 5.41 Å². The first-order valence-electron chi connectivity index (χ1n) is 7.77. The summed E-state index contributed by atoms with van der Waals surface area (Å²) in [5.74, 6) is 0. The van der Waals surface area contributed by atoms with Crippen molar-refractivity contribution < 1.29 is 4.74 Å². The number of piperidine rings is 1. The molecule has 0 radical (unpaired) electrons. The molecule has 1 N–H and O–H groups in total. The van der Waals surface area contributed by atoms with Crippen LogP contribution in [0.1, 0.15) is 46.5 Å². The summed E-state index contributed by atoms with van der Waals surface area (Å²) in [5.41, 5.74) is 0.509. The number of nitrogens with one attached hydrogen (secondary N) is 1. The average molecular weight is 256 g/mol. The van der Waals surface area contributed by atoms with Gasteiger partial charge in [-0.05, 0) is 44.7 Å². The summed E-state index contributed by atoms with van der Waals surface area (Å²) in [6.07, 6.45) is 5.37. The SMILES string of the molecule is CCCC1(CN(CC)CCOCC)CCCNC1. The smallest absolute Gasteiger partial charge is 0.0593 e. The van der Waals surface area contributed by atoms with Crippen molar-refractivity contribution in [2.45, 2.75) is 46.5 Å². The van der Waals surface area contributed by atoms with E-state index in [-0.39, 0.29) is 0 Å². The Hall–Kier alpha value is -0.120. The van der Waals surface area contributed by atoms with Crippen molar-refractivity contribution in [1.82, 2.24) is 10.2 Å². The molecule has 3 heteroatoms. The largest absolute Gasteiger partial charge is 0.380 e. The highest BCUT2D eigenvalue weighted by Crippen LogP contribution is 2.32. The topological polar surface area (TPSA) is 24.5 Å². The molecule has 108 valence electrons. The summed E-state index contributed by atoms with van der Waals surface area (Å²) in [7, 11) is 0. The second kappa shape index (κ2) is 8.89. The van der Waals surface area contributed by atoms with Crippen molar-refractivity contribution in [1.29, 1.82) is 0 Å². The van der Waals surface area contributed by atoms with Crippen molar-refractivity contribution >= 4 is 0 Å². The highest BCUT2D eigenvalue weighted by molar-refractivity contribution is 4.87. The Bertz CT molecular complexity index is 197. The minimum Gasteiger partial charge on any atom is -0.380 e. The standard InChI is InChI=1S/C15H32N2O/c1-4-8-15(9-7-10-16-13-15)14-17(5-2)11-12-18-6-3/h16H,4-14H2,1-3H3. The number of likely N-dealkylation sites (N-methyl/N-ethyl adjacent to an activating group) is 1. The van der Waals surface area contributed by atoms with Crippen LogP contribution < -0.4 is 5.32 Å². The van der Waals surface area contributed by atoms with E-state index in [1.807, 2.05) is 0 Å². The normalized spacial score (nSPS) is 24.7. The lowest BCUT2D eigenvalue weighted by atomic mass is 9.76. The molecular weight excluding hydrogens is 224 g/mol. The van der Waals surface area contributed by atoms with Crippen LogP contribution in [0.5, 0.6) is 0 Å². The lowest BCUT2D eigenvalue weighted by molar-refractivity contribution is 0.0725. The van der Waals surface area contributed by atoms with E-state index in [1.165, 1.54) is 45.3 Å². The lowest BCUT2D eigenvalue weighted by Crippen LogP contribution is -2.48. The molecule has 1 heterocycles. The Morgan fingerprint density at radius 3 is 2.67 bits per heavy atom. The number of ether oxygens (including phenoxy) is 1. The van der Waals surface area contributed by atoms with E-state index in [9.17, 15) is 0 Å². The van der Waals surface area contributed by atoms with E-state index in [1.54, 1.807) is 0 Å². The van der Waals surface area contributed by atoms with Gasteiger partial charge in [0.2, 0.25) is 0 Å². The molecule has 1 aliphatic heterocycles. The van der Waals surface area contributed by atoms with Crippen LogP contribution in [0, 0.1) is 5.41 Å². The second-order valence-corrected chi connectivity index (χ2v) is 5.60. The van der Waals surface area contributed by atoms with E-state index < -0.39 is 0 Å². The third-order valence-corrected chi connectivity index (χ3v) is 4.10. The summed E-state index contributed by atoms with van der Waals surface area (Å²) in [5, 5.41) is 3.60. The molecule has 1 aliphatic rings. The molecule has 0 aliphatic carbocycles. The van der Waals surface area contributed by atoms with E-state index in [4.69, 9.17) is 4.74 Å². The second-order valence-electron chi connectivity index (χ2n) is 5.60. The minimum absolute atomic E-state index is 0.509.